The highest BCUT2D eigenvalue weighted by molar-refractivity contribution is 6.29. The molecule has 13 heavy (non-hydrogen) atoms. The highest BCUT2D eigenvalue weighted by Crippen LogP contribution is 2.24. The van der Waals surface area contributed by atoms with E-state index in [2.05, 4.69) is 5.16 Å². The van der Waals surface area contributed by atoms with Crippen LogP contribution in [0.1, 0.15) is 5.56 Å². The van der Waals surface area contributed by atoms with Gasteiger partial charge in [0.15, 0.2) is 10.9 Å². The quantitative estimate of drug-likeness (QED) is 0.695. The first-order chi connectivity index (χ1) is 6.27. The molecule has 0 aliphatic carbocycles. The molecule has 0 unspecified atom stereocenters. The Bertz CT molecular complexity index is 422. The number of halogens is 1. The first kappa shape index (κ1) is 8.32. The van der Waals surface area contributed by atoms with Crippen LogP contribution in [0.4, 0.5) is 0 Å². The van der Waals surface area contributed by atoms with Crippen molar-refractivity contribution in [3.05, 3.63) is 41.0 Å². The molecule has 0 amide bonds. The summed E-state index contributed by atoms with van der Waals surface area (Å²) >= 11 is 5.66. The van der Waals surface area contributed by atoms with Gasteiger partial charge in [-0.15, -0.1) is 0 Å². The summed E-state index contributed by atoms with van der Waals surface area (Å²) in [5.74, 6) is 0.711. The molecule has 1 aromatic carbocycles. The van der Waals surface area contributed by atoms with Crippen molar-refractivity contribution in [1.29, 1.82) is 0 Å². The minimum Gasteiger partial charge on any atom is -0.355 e. The highest BCUT2D eigenvalue weighted by Gasteiger charge is 2.06. The van der Waals surface area contributed by atoms with E-state index in [0.29, 0.717) is 10.9 Å². The summed E-state index contributed by atoms with van der Waals surface area (Å²) in [7, 11) is 0. The first-order valence-corrected chi connectivity index (χ1v) is 4.33. The molecule has 2 nitrogen and oxygen atoms in total. The molecule has 0 bridgehead atoms. The summed E-state index contributed by atoms with van der Waals surface area (Å²) in [6.07, 6.45) is 0. The minimum absolute atomic E-state index is 0.387. The molecule has 3 heteroatoms. The maximum atomic E-state index is 5.66. The molecule has 0 aliphatic rings. The van der Waals surface area contributed by atoms with Crippen molar-refractivity contribution in [3.63, 3.8) is 0 Å². The smallest absolute Gasteiger partial charge is 0.172 e. The van der Waals surface area contributed by atoms with Gasteiger partial charge in [-0.1, -0.05) is 41.0 Å². The molecular formula is C10H8ClNO. The SMILES string of the molecule is Cc1ccccc1-c1cc(Cl)no1. The van der Waals surface area contributed by atoms with Gasteiger partial charge in [0.1, 0.15) is 0 Å². The van der Waals surface area contributed by atoms with Crippen LogP contribution in [0.15, 0.2) is 34.9 Å². The molecule has 66 valence electrons. The van der Waals surface area contributed by atoms with Crippen LogP contribution in [0.3, 0.4) is 0 Å². The molecule has 0 fully saturated rings. The average molecular weight is 194 g/mol. The third-order valence-corrected chi connectivity index (χ3v) is 2.07. The molecule has 0 saturated carbocycles. The van der Waals surface area contributed by atoms with E-state index in [1.54, 1.807) is 6.07 Å². The topological polar surface area (TPSA) is 26.0 Å². The van der Waals surface area contributed by atoms with Crippen LogP contribution in [0, 0.1) is 6.92 Å². The highest BCUT2D eigenvalue weighted by atomic mass is 35.5. The summed E-state index contributed by atoms with van der Waals surface area (Å²) in [6, 6.07) is 9.65. The van der Waals surface area contributed by atoms with Crippen LogP contribution < -0.4 is 0 Å². The van der Waals surface area contributed by atoms with Gasteiger partial charge < -0.3 is 4.52 Å². The lowest BCUT2D eigenvalue weighted by Crippen LogP contribution is -1.78. The molecular weight excluding hydrogens is 186 g/mol. The van der Waals surface area contributed by atoms with E-state index in [-0.39, 0.29) is 0 Å². The van der Waals surface area contributed by atoms with Gasteiger partial charge in [0.05, 0.1) is 0 Å². The molecule has 1 aromatic heterocycles. The molecule has 2 rings (SSSR count). The number of hydrogen-bond acceptors (Lipinski definition) is 2. The Balaban J connectivity index is 2.52. The van der Waals surface area contributed by atoms with Gasteiger partial charge in [0, 0.05) is 11.6 Å². The Morgan fingerprint density at radius 2 is 2.08 bits per heavy atom. The van der Waals surface area contributed by atoms with Gasteiger partial charge in [0.2, 0.25) is 0 Å². The predicted molar refractivity (Wildman–Crippen MR) is 51.7 cm³/mol. The van der Waals surface area contributed by atoms with E-state index in [4.69, 9.17) is 16.1 Å². The fraction of sp³-hybridized carbons (Fsp3) is 0.100. The fourth-order valence-corrected chi connectivity index (χ4v) is 1.36. The molecule has 0 saturated heterocycles. The molecule has 2 aromatic rings. The zero-order valence-electron chi connectivity index (χ0n) is 7.12. The second-order valence-corrected chi connectivity index (χ2v) is 3.22. The van der Waals surface area contributed by atoms with Crippen molar-refractivity contribution in [2.75, 3.05) is 0 Å². The van der Waals surface area contributed by atoms with E-state index in [1.807, 2.05) is 31.2 Å². The van der Waals surface area contributed by atoms with E-state index in [1.165, 1.54) is 0 Å². The number of nitrogens with zero attached hydrogens (tertiary/aromatic N) is 1. The monoisotopic (exact) mass is 193 g/mol. The second kappa shape index (κ2) is 3.23. The summed E-state index contributed by atoms with van der Waals surface area (Å²) in [5, 5.41) is 4.01. The number of aromatic nitrogens is 1. The lowest BCUT2D eigenvalue weighted by molar-refractivity contribution is 0.432. The normalized spacial score (nSPS) is 10.3. The molecule has 0 atom stereocenters. The lowest BCUT2D eigenvalue weighted by atomic mass is 10.1. The third-order valence-electron chi connectivity index (χ3n) is 1.89. The molecule has 0 spiro atoms. The number of benzene rings is 1. The molecule has 0 aliphatic heterocycles. The number of aryl methyl sites for hydroxylation is 1. The summed E-state index contributed by atoms with van der Waals surface area (Å²) in [6.45, 7) is 2.02. The molecule has 1 heterocycles. The van der Waals surface area contributed by atoms with Crippen LogP contribution in [-0.2, 0) is 0 Å². The summed E-state index contributed by atoms with van der Waals surface area (Å²) < 4.78 is 5.05. The van der Waals surface area contributed by atoms with Gasteiger partial charge in [-0.05, 0) is 12.5 Å². The third kappa shape index (κ3) is 1.58. The molecule has 0 N–H and O–H groups in total. The van der Waals surface area contributed by atoms with Gasteiger partial charge in [-0.3, -0.25) is 0 Å². The zero-order chi connectivity index (χ0) is 9.26. The summed E-state index contributed by atoms with van der Waals surface area (Å²) in [4.78, 5) is 0. The first-order valence-electron chi connectivity index (χ1n) is 3.95. The van der Waals surface area contributed by atoms with Gasteiger partial charge in [-0.2, -0.15) is 0 Å². The van der Waals surface area contributed by atoms with Gasteiger partial charge in [0.25, 0.3) is 0 Å². The van der Waals surface area contributed by atoms with E-state index in [0.717, 1.165) is 11.1 Å². The van der Waals surface area contributed by atoms with Crippen molar-refractivity contribution in [1.82, 2.24) is 5.16 Å². The van der Waals surface area contributed by atoms with Crippen molar-refractivity contribution >= 4 is 11.6 Å². The second-order valence-electron chi connectivity index (χ2n) is 2.83. The van der Waals surface area contributed by atoms with Crippen molar-refractivity contribution in [2.45, 2.75) is 6.92 Å². The maximum Gasteiger partial charge on any atom is 0.172 e. The maximum absolute atomic E-state index is 5.66. The summed E-state index contributed by atoms with van der Waals surface area (Å²) in [5.41, 5.74) is 2.18. The van der Waals surface area contributed by atoms with Crippen LogP contribution in [0.2, 0.25) is 5.15 Å². The van der Waals surface area contributed by atoms with E-state index in [9.17, 15) is 0 Å². The fourth-order valence-electron chi connectivity index (χ4n) is 1.23. The van der Waals surface area contributed by atoms with Crippen LogP contribution in [0.5, 0.6) is 0 Å². The standard InChI is InChI=1S/C10H8ClNO/c1-7-4-2-3-5-8(7)9-6-10(11)12-13-9/h2-6H,1H3. The molecule has 0 radical (unpaired) electrons. The minimum atomic E-state index is 0.387. The van der Waals surface area contributed by atoms with Gasteiger partial charge >= 0.3 is 0 Å². The van der Waals surface area contributed by atoms with E-state index >= 15 is 0 Å². The Morgan fingerprint density at radius 3 is 2.69 bits per heavy atom. The predicted octanol–water partition coefficient (Wildman–Crippen LogP) is 3.30. The van der Waals surface area contributed by atoms with Crippen LogP contribution >= 0.6 is 11.6 Å². The Labute approximate surface area is 81.1 Å². The Hall–Kier alpha value is -1.28. The lowest BCUT2D eigenvalue weighted by Gasteiger charge is -1.98. The van der Waals surface area contributed by atoms with Crippen LogP contribution in [-0.4, -0.2) is 5.16 Å². The average Bonchev–Trinajstić information content (AvgIpc) is 2.53. The van der Waals surface area contributed by atoms with Crippen LogP contribution in [0.25, 0.3) is 11.3 Å². The van der Waals surface area contributed by atoms with Crippen molar-refractivity contribution < 1.29 is 4.52 Å². The number of rotatable bonds is 1. The number of hydrogen-bond donors (Lipinski definition) is 0. The largest absolute Gasteiger partial charge is 0.355 e. The Kier molecular flexibility index (Phi) is 2.07. The zero-order valence-corrected chi connectivity index (χ0v) is 7.88. The van der Waals surface area contributed by atoms with Gasteiger partial charge in [-0.25, -0.2) is 0 Å². The van der Waals surface area contributed by atoms with E-state index < -0.39 is 0 Å². The van der Waals surface area contributed by atoms with Crippen molar-refractivity contribution in [2.24, 2.45) is 0 Å². The Morgan fingerprint density at radius 1 is 1.31 bits per heavy atom. The van der Waals surface area contributed by atoms with Crippen molar-refractivity contribution in [3.8, 4) is 11.3 Å².